The van der Waals surface area contributed by atoms with Crippen molar-refractivity contribution in [3.8, 4) is 5.75 Å². The van der Waals surface area contributed by atoms with Crippen molar-refractivity contribution < 1.29 is 14.6 Å². The zero-order valence-corrected chi connectivity index (χ0v) is 10.9. The van der Waals surface area contributed by atoms with Gasteiger partial charge in [-0.2, -0.15) is 0 Å². The maximum atomic E-state index is 10.6. The van der Waals surface area contributed by atoms with Crippen molar-refractivity contribution in [3.05, 3.63) is 29.3 Å². The molecule has 0 aliphatic carbocycles. The monoisotopic (exact) mass is 236 g/mol. The van der Waals surface area contributed by atoms with Crippen molar-refractivity contribution in [1.29, 1.82) is 0 Å². The molecule has 3 nitrogen and oxygen atoms in total. The number of aryl methyl sites for hydroxylation is 1. The Balaban J connectivity index is 2.82. The summed E-state index contributed by atoms with van der Waals surface area (Å²) in [5, 5.41) is 8.69. The molecule has 0 amide bonds. The van der Waals surface area contributed by atoms with Gasteiger partial charge in [0.25, 0.3) is 0 Å². The molecule has 0 aliphatic heterocycles. The van der Waals surface area contributed by atoms with Crippen molar-refractivity contribution in [2.75, 3.05) is 0 Å². The van der Waals surface area contributed by atoms with Crippen LogP contribution in [0.25, 0.3) is 0 Å². The fourth-order valence-corrected chi connectivity index (χ4v) is 1.61. The van der Waals surface area contributed by atoms with Crippen LogP contribution in [0.2, 0.25) is 0 Å². The van der Waals surface area contributed by atoms with Gasteiger partial charge in [0, 0.05) is 0 Å². The van der Waals surface area contributed by atoms with Crippen LogP contribution in [-0.4, -0.2) is 17.2 Å². The summed E-state index contributed by atoms with van der Waals surface area (Å²) in [6.07, 6.45) is -0.292. The summed E-state index contributed by atoms with van der Waals surface area (Å²) in [4.78, 5) is 10.6. The van der Waals surface area contributed by atoms with Crippen molar-refractivity contribution >= 4 is 5.97 Å². The number of rotatable bonds is 5. The second-order valence-electron chi connectivity index (χ2n) is 4.71. The summed E-state index contributed by atoms with van der Waals surface area (Å²) in [6.45, 7) is 7.98. The van der Waals surface area contributed by atoms with E-state index in [9.17, 15) is 4.79 Å². The minimum Gasteiger partial charge on any atom is -0.490 e. The summed E-state index contributed by atoms with van der Waals surface area (Å²) in [6, 6.07) is 6.09. The number of carbonyl (C=O) groups is 1. The van der Waals surface area contributed by atoms with Crippen LogP contribution in [0, 0.1) is 6.92 Å². The molecular weight excluding hydrogens is 216 g/mol. The molecule has 0 saturated heterocycles. The molecule has 0 aromatic heterocycles. The van der Waals surface area contributed by atoms with Gasteiger partial charge in [0.1, 0.15) is 11.9 Å². The largest absolute Gasteiger partial charge is 0.490 e. The standard InChI is InChI=1S/C14H20O3/c1-9(2)12-6-5-10(3)13(8-12)17-11(4)7-14(15)16/h5-6,8-9,11H,7H2,1-4H3,(H,15,16)/t11-/m1/s1. The van der Waals surface area contributed by atoms with E-state index in [1.807, 2.05) is 19.1 Å². The van der Waals surface area contributed by atoms with E-state index in [2.05, 4.69) is 19.9 Å². The fraction of sp³-hybridized carbons (Fsp3) is 0.500. The van der Waals surface area contributed by atoms with Gasteiger partial charge in [-0.05, 0) is 37.0 Å². The van der Waals surface area contributed by atoms with Gasteiger partial charge in [0.15, 0.2) is 0 Å². The first-order chi connectivity index (χ1) is 7.90. The van der Waals surface area contributed by atoms with Gasteiger partial charge in [-0.3, -0.25) is 4.79 Å². The Kier molecular flexibility index (Phi) is 4.55. The summed E-state index contributed by atoms with van der Waals surface area (Å²) in [5.74, 6) is 0.382. The van der Waals surface area contributed by atoms with Gasteiger partial charge in [0.2, 0.25) is 0 Å². The van der Waals surface area contributed by atoms with Gasteiger partial charge in [-0.1, -0.05) is 26.0 Å². The molecule has 0 radical (unpaired) electrons. The highest BCUT2D eigenvalue weighted by atomic mass is 16.5. The first-order valence-electron chi connectivity index (χ1n) is 5.89. The molecule has 1 aromatic carbocycles. The van der Waals surface area contributed by atoms with E-state index in [1.165, 1.54) is 5.56 Å². The van der Waals surface area contributed by atoms with Gasteiger partial charge < -0.3 is 9.84 Å². The molecule has 3 heteroatoms. The van der Waals surface area contributed by atoms with Crippen LogP contribution in [0.1, 0.15) is 44.2 Å². The number of carboxylic acid groups (broad SMARTS) is 1. The van der Waals surface area contributed by atoms with Crippen LogP contribution in [0.4, 0.5) is 0 Å². The maximum absolute atomic E-state index is 10.6. The molecule has 0 unspecified atom stereocenters. The molecule has 1 rings (SSSR count). The van der Waals surface area contributed by atoms with Crippen LogP contribution in [0.5, 0.6) is 5.75 Å². The molecule has 0 spiro atoms. The van der Waals surface area contributed by atoms with Crippen molar-refractivity contribution in [2.45, 2.75) is 46.1 Å². The number of carboxylic acids is 1. The van der Waals surface area contributed by atoms with E-state index in [-0.39, 0.29) is 12.5 Å². The molecule has 0 saturated carbocycles. The number of hydrogen-bond acceptors (Lipinski definition) is 2. The number of ether oxygens (including phenoxy) is 1. The summed E-state index contributed by atoms with van der Waals surface area (Å²) >= 11 is 0. The molecular formula is C14H20O3. The van der Waals surface area contributed by atoms with E-state index < -0.39 is 5.97 Å². The second-order valence-corrected chi connectivity index (χ2v) is 4.71. The third-order valence-electron chi connectivity index (χ3n) is 2.67. The van der Waals surface area contributed by atoms with Crippen molar-refractivity contribution in [1.82, 2.24) is 0 Å². The lowest BCUT2D eigenvalue weighted by molar-refractivity contribution is -0.138. The second kappa shape index (κ2) is 5.71. The Labute approximate surface area is 102 Å². The molecule has 1 N–H and O–H groups in total. The first-order valence-corrected chi connectivity index (χ1v) is 5.89. The Hall–Kier alpha value is -1.51. The third kappa shape index (κ3) is 4.10. The Morgan fingerprint density at radius 1 is 1.35 bits per heavy atom. The average Bonchev–Trinajstić information content (AvgIpc) is 2.19. The summed E-state index contributed by atoms with van der Waals surface area (Å²) in [5.41, 5.74) is 2.24. The molecule has 0 heterocycles. The lowest BCUT2D eigenvalue weighted by Crippen LogP contribution is -2.17. The van der Waals surface area contributed by atoms with Crippen LogP contribution >= 0.6 is 0 Å². The highest BCUT2D eigenvalue weighted by Gasteiger charge is 2.11. The smallest absolute Gasteiger partial charge is 0.307 e. The zero-order chi connectivity index (χ0) is 13.0. The predicted molar refractivity (Wildman–Crippen MR) is 67.6 cm³/mol. The molecule has 0 bridgehead atoms. The minimum atomic E-state index is -0.838. The molecule has 0 fully saturated rings. The number of benzene rings is 1. The molecule has 17 heavy (non-hydrogen) atoms. The zero-order valence-electron chi connectivity index (χ0n) is 10.9. The molecule has 1 atom stereocenters. The molecule has 94 valence electrons. The van der Waals surface area contributed by atoms with Gasteiger partial charge in [-0.25, -0.2) is 0 Å². The van der Waals surface area contributed by atoms with E-state index in [0.29, 0.717) is 5.92 Å². The van der Waals surface area contributed by atoms with Crippen LogP contribution in [0.3, 0.4) is 0 Å². The number of aliphatic carboxylic acids is 1. The van der Waals surface area contributed by atoms with E-state index in [4.69, 9.17) is 9.84 Å². The van der Waals surface area contributed by atoms with E-state index in [1.54, 1.807) is 6.92 Å². The SMILES string of the molecule is Cc1ccc(C(C)C)cc1O[C@H](C)CC(=O)O. The number of hydrogen-bond donors (Lipinski definition) is 1. The fourth-order valence-electron chi connectivity index (χ4n) is 1.61. The Bertz CT molecular complexity index is 396. The topological polar surface area (TPSA) is 46.5 Å². The van der Waals surface area contributed by atoms with Crippen molar-refractivity contribution in [2.24, 2.45) is 0 Å². The van der Waals surface area contributed by atoms with Crippen LogP contribution in [-0.2, 0) is 4.79 Å². The van der Waals surface area contributed by atoms with E-state index >= 15 is 0 Å². The highest BCUT2D eigenvalue weighted by Crippen LogP contribution is 2.25. The third-order valence-corrected chi connectivity index (χ3v) is 2.67. The lowest BCUT2D eigenvalue weighted by Gasteiger charge is -2.16. The quantitative estimate of drug-likeness (QED) is 0.852. The van der Waals surface area contributed by atoms with Crippen molar-refractivity contribution in [3.63, 3.8) is 0 Å². The van der Waals surface area contributed by atoms with Gasteiger partial charge in [0.05, 0.1) is 6.42 Å². The Morgan fingerprint density at radius 3 is 2.53 bits per heavy atom. The van der Waals surface area contributed by atoms with Gasteiger partial charge >= 0.3 is 5.97 Å². The average molecular weight is 236 g/mol. The van der Waals surface area contributed by atoms with Crippen LogP contribution < -0.4 is 4.74 Å². The predicted octanol–water partition coefficient (Wildman–Crippen LogP) is 3.36. The normalized spacial score (nSPS) is 12.5. The summed E-state index contributed by atoms with van der Waals surface area (Å²) in [7, 11) is 0. The Morgan fingerprint density at radius 2 is 2.00 bits per heavy atom. The van der Waals surface area contributed by atoms with Crippen LogP contribution in [0.15, 0.2) is 18.2 Å². The minimum absolute atomic E-state index is 0.0192. The lowest BCUT2D eigenvalue weighted by atomic mass is 10.0. The van der Waals surface area contributed by atoms with Gasteiger partial charge in [-0.15, -0.1) is 0 Å². The highest BCUT2D eigenvalue weighted by molar-refractivity contribution is 5.67. The summed E-state index contributed by atoms with van der Waals surface area (Å²) < 4.78 is 5.67. The maximum Gasteiger partial charge on any atom is 0.307 e. The van der Waals surface area contributed by atoms with E-state index in [0.717, 1.165) is 11.3 Å². The molecule has 1 aromatic rings. The molecule has 0 aliphatic rings. The first kappa shape index (κ1) is 13.6.